The van der Waals surface area contributed by atoms with Gasteiger partial charge in [-0.05, 0) is 46.5 Å². The molecule has 1 aromatic carbocycles. The van der Waals surface area contributed by atoms with Gasteiger partial charge in [-0.15, -0.1) is 11.6 Å². The van der Waals surface area contributed by atoms with E-state index in [1.165, 1.54) is 0 Å². The highest BCUT2D eigenvalue weighted by Crippen LogP contribution is 2.32. The monoisotopic (exact) mass is 379 g/mol. The van der Waals surface area contributed by atoms with Crippen LogP contribution in [0.5, 0.6) is 0 Å². The summed E-state index contributed by atoms with van der Waals surface area (Å²) in [6.07, 6.45) is 4.14. The van der Waals surface area contributed by atoms with Crippen LogP contribution in [0.2, 0.25) is 0 Å². The molecule has 20 heavy (non-hydrogen) atoms. The van der Waals surface area contributed by atoms with E-state index >= 15 is 0 Å². The molecule has 1 aliphatic carbocycles. The van der Waals surface area contributed by atoms with Crippen LogP contribution in [0.4, 0.5) is 0 Å². The van der Waals surface area contributed by atoms with Gasteiger partial charge in [0, 0.05) is 22.9 Å². The van der Waals surface area contributed by atoms with Gasteiger partial charge in [-0.1, -0.05) is 25.8 Å². The molecule has 1 aromatic rings. The van der Waals surface area contributed by atoms with Crippen molar-refractivity contribution in [1.29, 1.82) is 0 Å². The third-order valence-electron chi connectivity index (χ3n) is 3.78. The Morgan fingerprint density at radius 3 is 2.55 bits per heavy atom. The summed E-state index contributed by atoms with van der Waals surface area (Å²) in [5.74, 6) is 0.311. The van der Waals surface area contributed by atoms with Crippen LogP contribution in [0.25, 0.3) is 0 Å². The SMILES string of the molecule is CCN(C1CCCC1)S(=O)(=O)c1cc(CCl)ccc1Br. The maximum Gasteiger partial charge on any atom is 0.244 e. The standard InChI is InChI=1S/C14H19BrClNO2S/c1-2-17(12-5-3-4-6-12)20(18,19)14-9-11(10-16)7-8-13(14)15/h7-9,12H,2-6,10H2,1H3. The number of benzene rings is 1. The first-order valence-electron chi connectivity index (χ1n) is 6.87. The van der Waals surface area contributed by atoms with Crippen molar-refractivity contribution >= 4 is 37.6 Å². The van der Waals surface area contributed by atoms with E-state index in [0.717, 1.165) is 31.2 Å². The fourth-order valence-electron chi connectivity index (χ4n) is 2.77. The van der Waals surface area contributed by atoms with E-state index in [0.29, 0.717) is 21.8 Å². The third-order valence-corrected chi connectivity index (χ3v) is 7.11. The van der Waals surface area contributed by atoms with Crippen molar-refractivity contribution in [3.8, 4) is 0 Å². The van der Waals surface area contributed by atoms with Crippen molar-refractivity contribution in [2.24, 2.45) is 0 Å². The van der Waals surface area contributed by atoms with Crippen LogP contribution in [0.1, 0.15) is 38.2 Å². The van der Waals surface area contributed by atoms with Gasteiger partial charge in [0.15, 0.2) is 0 Å². The van der Waals surface area contributed by atoms with Crippen LogP contribution < -0.4 is 0 Å². The zero-order chi connectivity index (χ0) is 14.8. The van der Waals surface area contributed by atoms with Crippen molar-refractivity contribution in [3.05, 3.63) is 28.2 Å². The minimum absolute atomic E-state index is 0.136. The second-order valence-corrected chi connectivity index (χ2v) is 8.03. The molecule has 0 N–H and O–H groups in total. The zero-order valence-electron chi connectivity index (χ0n) is 11.5. The summed E-state index contributed by atoms with van der Waals surface area (Å²) in [4.78, 5) is 0.324. The summed E-state index contributed by atoms with van der Waals surface area (Å²) < 4.78 is 28.0. The number of hydrogen-bond acceptors (Lipinski definition) is 2. The predicted octanol–water partition coefficient (Wildman–Crippen LogP) is 4.14. The van der Waals surface area contributed by atoms with Gasteiger partial charge in [0.1, 0.15) is 0 Å². The fraction of sp³-hybridized carbons (Fsp3) is 0.571. The van der Waals surface area contributed by atoms with Gasteiger partial charge in [0.05, 0.1) is 4.90 Å². The van der Waals surface area contributed by atoms with Crippen molar-refractivity contribution in [2.45, 2.75) is 49.4 Å². The molecule has 0 spiro atoms. The molecule has 1 saturated carbocycles. The minimum atomic E-state index is -3.47. The van der Waals surface area contributed by atoms with E-state index in [1.54, 1.807) is 16.4 Å². The molecule has 6 heteroatoms. The van der Waals surface area contributed by atoms with Crippen LogP contribution in [-0.2, 0) is 15.9 Å². The van der Waals surface area contributed by atoms with Gasteiger partial charge >= 0.3 is 0 Å². The Kier molecular flexibility index (Phi) is 5.51. The quantitative estimate of drug-likeness (QED) is 0.720. The van der Waals surface area contributed by atoms with Crippen LogP contribution in [0, 0.1) is 0 Å². The summed E-state index contributed by atoms with van der Waals surface area (Å²) in [6, 6.07) is 5.40. The van der Waals surface area contributed by atoms with Crippen LogP contribution in [-0.4, -0.2) is 25.3 Å². The molecule has 0 bridgehead atoms. The van der Waals surface area contributed by atoms with E-state index in [4.69, 9.17) is 11.6 Å². The lowest BCUT2D eigenvalue weighted by atomic mass is 10.2. The van der Waals surface area contributed by atoms with Gasteiger partial charge in [-0.25, -0.2) is 8.42 Å². The molecule has 3 nitrogen and oxygen atoms in total. The maximum atomic E-state index is 12.9. The summed E-state index contributed by atoms with van der Waals surface area (Å²) in [5.41, 5.74) is 0.816. The number of alkyl halides is 1. The Hall–Kier alpha value is -0.100. The number of halogens is 2. The molecule has 0 aromatic heterocycles. The van der Waals surface area contributed by atoms with E-state index in [2.05, 4.69) is 15.9 Å². The highest BCUT2D eigenvalue weighted by molar-refractivity contribution is 9.10. The predicted molar refractivity (Wildman–Crippen MR) is 85.5 cm³/mol. The van der Waals surface area contributed by atoms with Gasteiger partial charge in [0.25, 0.3) is 0 Å². The lowest BCUT2D eigenvalue weighted by Gasteiger charge is -2.27. The average molecular weight is 381 g/mol. The molecule has 0 aliphatic heterocycles. The van der Waals surface area contributed by atoms with Crippen LogP contribution in [0.3, 0.4) is 0 Å². The van der Waals surface area contributed by atoms with Crippen molar-refractivity contribution in [1.82, 2.24) is 4.31 Å². The second kappa shape index (κ2) is 6.77. The summed E-state index contributed by atoms with van der Waals surface area (Å²) in [7, 11) is -3.47. The first-order valence-corrected chi connectivity index (χ1v) is 9.63. The fourth-order valence-corrected chi connectivity index (χ4v) is 5.61. The molecule has 0 heterocycles. The maximum absolute atomic E-state index is 12.9. The highest BCUT2D eigenvalue weighted by atomic mass is 79.9. The Balaban J connectivity index is 2.42. The van der Waals surface area contributed by atoms with Crippen molar-refractivity contribution < 1.29 is 8.42 Å². The summed E-state index contributed by atoms with van der Waals surface area (Å²) in [6.45, 7) is 2.40. The molecular formula is C14H19BrClNO2S. The van der Waals surface area contributed by atoms with Gasteiger partial charge in [-0.3, -0.25) is 0 Å². The molecule has 0 atom stereocenters. The molecule has 1 aliphatic rings. The Morgan fingerprint density at radius 2 is 2.00 bits per heavy atom. The molecule has 0 saturated heterocycles. The van der Waals surface area contributed by atoms with E-state index < -0.39 is 10.0 Å². The van der Waals surface area contributed by atoms with Gasteiger partial charge < -0.3 is 0 Å². The third kappa shape index (κ3) is 3.21. The summed E-state index contributed by atoms with van der Waals surface area (Å²) in [5, 5.41) is 0. The Bertz CT molecular complexity index is 571. The average Bonchev–Trinajstić information content (AvgIpc) is 2.93. The lowest BCUT2D eigenvalue weighted by molar-refractivity contribution is 0.335. The molecular weight excluding hydrogens is 362 g/mol. The van der Waals surface area contributed by atoms with Gasteiger partial charge in [0.2, 0.25) is 10.0 Å². The molecule has 0 unspecified atom stereocenters. The van der Waals surface area contributed by atoms with Gasteiger partial charge in [-0.2, -0.15) is 4.31 Å². The largest absolute Gasteiger partial charge is 0.244 e. The molecule has 112 valence electrons. The topological polar surface area (TPSA) is 37.4 Å². The number of rotatable bonds is 5. The first-order chi connectivity index (χ1) is 9.50. The highest BCUT2D eigenvalue weighted by Gasteiger charge is 2.33. The van der Waals surface area contributed by atoms with E-state index in [9.17, 15) is 8.42 Å². The minimum Gasteiger partial charge on any atom is -0.207 e. The van der Waals surface area contributed by atoms with E-state index in [-0.39, 0.29) is 6.04 Å². The molecule has 0 amide bonds. The smallest absolute Gasteiger partial charge is 0.207 e. The summed E-state index contributed by atoms with van der Waals surface area (Å²) >= 11 is 9.17. The molecule has 1 fully saturated rings. The van der Waals surface area contributed by atoms with Crippen LogP contribution in [0.15, 0.2) is 27.6 Å². The zero-order valence-corrected chi connectivity index (χ0v) is 14.6. The number of sulfonamides is 1. The Morgan fingerprint density at radius 1 is 1.35 bits per heavy atom. The van der Waals surface area contributed by atoms with Crippen molar-refractivity contribution in [3.63, 3.8) is 0 Å². The normalized spacial score (nSPS) is 17.0. The number of nitrogens with zero attached hydrogens (tertiary/aromatic N) is 1. The number of hydrogen-bond donors (Lipinski definition) is 0. The van der Waals surface area contributed by atoms with E-state index in [1.807, 2.05) is 13.0 Å². The molecule has 2 rings (SSSR count). The van der Waals surface area contributed by atoms with Crippen LogP contribution >= 0.6 is 27.5 Å². The second-order valence-electron chi connectivity index (χ2n) is 5.05. The molecule has 0 radical (unpaired) electrons. The Labute approximate surface area is 134 Å². The van der Waals surface area contributed by atoms with Crippen molar-refractivity contribution in [2.75, 3.05) is 6.54 Å². The first kappa shape index (κ1) is 16.3. The lowest BCUT2D eigenvalue weighted by Crippen LogP contribution is -2.38.